The van der Waals surface area contributed by atoms with E-state index in [2.05, 4.69) is 5.32 Å². The van der Waals surface area contributed by atoms with Crippen molar-refractivity contribution in [3.8, 4) is 0 Å². The van der Waals surface area contributed by atoms with E-state index in [4.69, 9.17) is 0 Å². The molecule has 1 aromatic rings. The lowest BCUT2D eigenvalue weighted by atomic mass is 10.1. The molecule has 0 bridgehead atoms. The van der Waals surface area contributed by atoms with Crippen LogP contribution in [0.4, 0.5) is 5.69 Å². The van der Waals surface area contributed by atoms with E-state index < -0.39 is 16.1 Å². The first-order valence-corrected chi connectivity index (χ1v) is 11.2. The second kappa shape index (κ2) is 6.79. The number of thioether (sulfide) groups is 1. The van der Waals surface area contributed by atoms with Crippen LogP contribution < -0.4 is 5.32 Å². The molecule has 148 valence electrons. The Morgan fingerprint density at radius 2 is 2.00 bits per heavy atom. The molecule has 0 aliphatic carbocycles. The molecule has 2 aliphatic heterocycles. The van der Waals surface area contributed by atoms with Crippen molar-refractivity contribution in [2.24, 2.45) is 0 Å². The number of amides is 2. The van der Waals surface area contributed by atoms with Gasteiger partial charge in [0.25, 0.3) is 0 Å². The van der Waals surface area contributed by atoms with Crippen LogP contribution in [0.5, 0.6) is 0 Å². The number of hydrogen-bond donors (Lipinski definition) is 1. The number of fused-ring (bicyclic) bond motifs is 1. The van der Waals surface area contributed by atoms with Gasteiger partial charge in [0.2, 0.25) is 21.8 Å². The van der Waals surface area contributed by atoms with Crippen LogP contribution in [0, 0.1) is 13.8 Å². The molecular weight excluding hydrogens is 386 g/mol. The van der Waals surface area contributed by atoms with E-state index >= 15 is 0 Å². The predicted molar refractivity (Wildman–Crippen MR) is 106 cm³/mol. The van der Waals surface area contributed by atoms with Gasteiger partial charge in [-0.15, -0.1) is 11.8 Å². The van der Waals surface area contributed by atoms with E-state index in [1.807, 2.05) is 20.8 Å². The number of hydrogen-bond acceptors (Lipinski definition) is 5. The molecule has 9 heteroatoms. The number of carbonyl (C=O) groups is 2. The quantitative estimate of drug-likeness (QED) is 0.818. The number of nitrogens with one attached hydrogen (secondary N) is 1. The van der Waals surface area contributed by atoms with E-state index in [9.17, 15) is 18.0 Å². The summed E-state index contributed by atoms with van der Waals surface area (Å²) in [7, 11) is -0.672. The number of sulfonamides is 1. The maximum absolute atomic E-state index is 12.9. The SMILES string of the molecule is Cc1cc(S(=O)(=O)N(C)C)cc(NC(=O)C2CSC3(C)CCC(=O)N23)c1C. The minimum atomic E-state index is -3.61. The molecule has 3 rings (SSSR count). The first-order valence-electron chi connectivity index (χ1n) is 8.78. The summed E-state index contributed by atoms with van der Waals surface area (Å²) >= 11 is 1.63. The molecule has 2 amide bonds. The lowest BCUT2D eigenvalue weighted by molar-refractivity contribution is -0.135. The monoisotopic (exact) mass is 411 g/mol. The largest absolute Gasteiger partial charge is 0.324 e. The highest BCUT2D eigenvalue weighted by molar-refractivity contribution is 8.01. The number of nitrogens with zero attached hydrogens (tertiary/aromatic N) is 2. The lowest BCUT2D eigenvalue weighted by Crippen LogP contribution is -2.48. The van der Waals surface area contributed by atoms with Crippen LogP contribution >= 0.6 is 11.8 Å². The molecule has 2 unspecified atom stereocenters. The van der Waals surface area contributed by atoms with Crippen LogP contribution in [0.3, 0.4) is 0 Å². The summed E-state index contributed by atoms with van der Waals surface area (Å²) in [5.41, 5.74) is 2.05. The number of anilines is 1. The minimum Gasteiger partial charge on any atom is -0.324 e. The molecule has 2 saturated heterocycles. The van der Waals surface area contributed by atoms with E-state index in [-0.39, 0.29) is 21.6 Å². The Labute approximate surface area is 164 Å². The van der Waals surface area contributed by atoms with Crippen molar-refractivity contribution in [2.45, 2.75) is 49.4 Å². The molecule has 1 aromatic carbocycles. The second-order valence-corrected chi connectivity index (χ2v) is 11.1. The van der Waals surface area contributed by atoms with Gasteiger partial charge in [-0.25, -0.2) is 12.7 Å². The summed E-state index contributed by atoms with van der Waals surface area (Å²) in [5.74, 6) is 0.268. The highest BCUT2D eigenvalue weighted by Gasteiger charge is 2.52. The fraction of sp³-hybridized carbons (Fsp3) is 0.556. The normalized spacial score (nSPS) is 25.2. The molecule has 1 N–H and O–H groups in total. The third-order valence-corrected chi connectivity index (χ3v) is 8.72. The molecule has 0 spiro atoms. The van der Waals surface area contributed by atoms with Gasteiger partial charge in [-0.3, -0.25) is 9.59 Å². The third kappa shape index (κ3) is 3.36. The Morgan fingerprint density at radius 3 is 2.63 bits per heavy atom. The zero-order valence-electron chi connectivity index (χ0n) is 16.2. The van der Waals surface area contributed by atoms with Crippen molar-refractivity contribution in [1.29, 1.82) is 0 Å². The van der Waals surface area contributed by atoms with Crippen LogP contribution in [0.1, 0.15) is 30.9 Å². The molecule has 0 saturated carbocycles. The Morgan fingerprint density at radius 1 is 1.33 bits per heavy atom. The van der Waals surface area contributed by atoms with Gasteiger partial charge in [-0.2, -0.15) is 0 Å². The summed E-state index contributed by atoms with van der Waals surface area (Å²) in [4.78, 5) is 26.7. The molecule has 27 heavy (non-hydrogen) atoms. The summed E-state index contributed by atoms with van der Waals surface area (Å²) < 4.78 is 26.1. The van der Waals surface area contributed by atoms with Crippen molar-refractivity contribution in [3.05, 3.63) is 23.3 Å². The molecule has 0 radical (unpaired) electrons. The van der Waals surface area contributed by atoms with E-state index in [0.29, 0.717) is 17.9 Å². The molecular formula is C18H25N3O4S2. The highest BCUT2D eigenvalue weighted by Crippen LogP contribution is 2.47. The molecule has 2 heterocycles. The fourth-order valence-corrected chi connectivity index (χ4v) is 5.99. The van der Waals surface area contributed by atoms with Crippen molar-refractivity contribution in [1.82, 2.24) is 9.21 Å². The lowest BCUT2D eigenvalue weighted by Gasteiger charge is -2.30. The van der Waals surface area contributed by atoms with Crippen LogP contribution in [0.15, 0.2) is 17.0 Å². The first-order chi connectivity index (χ1) is 12.5. The third-order valence-electron chi connectivity index (χ3n) is 5.42. The zero-order chi connectivity index (χ0) is 20.1. The van der Waals surface area contributed by atoms with Crippen LogP contribution in [-0.4, -0.2) is 60.2 Å². The van der Waals surface area contributed by atoms with E-state index in [1.165, 1.54) is 20.2 Å². The first kappa shape index (κ1) is 20.2. The zero-order valence-corrected chi connectivity index (χ0v) is 17.8. The van der Waals surface area contributed by atoms with E-state index in [0.717, 1.165) is 21.9 Å². The van der Waals surface area contributed by atoms with E-state index in [1.54, 1.807) is 22.7 Å². The second-order valence-electron chi connectivity index (χ2n) is 7.45. The molecule has 0 aromatic heterocycles. The van der Waals surface area contributed by atoms with Gasteiger partial charge in [-0.05, 0) is 50.5 Å². The minimum absolute atomic E-state index is 0.000473. The summed E-state index contributed by atoms with van der Waals surface area (Å²) in [5, 5.41) is 2.87. The van der Waals surface area contributed by atoms with Gasteiger partial charge < -0.3 is 10.2 Å². The molecule has 2 fully saturated rings. The van der Waals surface area contributed by atoms with Gasteiger partial charge >= 0.3 is 0 Å². The maximum Gasteiger partial charge on any atom is 0.248 e. The smallest absolute Gasteiger partial charge is 0.248 e. The van der Waals surface area contributed by atoms with Crippen LogP contribution in [0.25, 0.3) is 0 Å². The topological polar surface area (TPSA) is 86.8 Å². The average Bonchev–Trinajstić information content (AvgIpc) is 3.07. The van der Waals surface area contributed by atoms with Crippen LogP contribution in [-0.2, 0) is 19.6 Å². The Hall–Kier alpha value is -1.58. The summed E-state index contributed by atoms with van der Waals surface area (Å²) in [6, 6.07) is 2.55. The molecule has 7 nitrogen and oxygen atoms in total. The van der Waals surface area contributed by atoms with Crippen LogP contribution in [0.2, 0.25) is 0 Å². The predicted octanol–water partition coefficient (Wildman–Crippen LogP) is 1.95. The number of carbonyl (C=O) groups excluding carboxylic acids is 2. The standard InChI is InChI=1S/C18H25N3O4S2/c1-11-8-13(27(24,25)20(4)5)9-14(12(11)2)19-17(23)15-10-26-18(3)7-6-16(22)21(15)18/h8-9,15H,6-7,10H2,1-5H3,(H,19,23). The van der Waals surface area contributed by atoms with Gasteiger partial charge in [0.05, 0.1) is 9.77 Å². The Bertz CT molecular complexity index is 913. The number of aryl methyl sites for hydroxylation is 1. The van der Waals surface area contributed by atoms with Gasteiger partial charge in [0.1, 0.15) is 6.04 Å². The summed E-state index contributed by atoms with van der Waals surface area (Å²) in [6.45, 7) is 5.65. The fourth-order valence-electron chi connectivity index (χ4n) is 3.55. The Balaban J connectivity index is 1.91. The van der Waals surface area contributed by atoms with Crippen molar-refractivity contribution < 1.29 is 18.0 Å². The molecule has 2 atom stereocenters. The number of rotatable bonds is 4. The highest BCUT2D eigenvalue weighted by atomic mass is 32.2. The van der Waals surface area contributed by atoms with Crippen molar-refractivity contribution >= 4 is 39.3 Å². The van der Waals surface area contributed by atoms with Gasteiger partial charge in [-0.1, -0.05) is 0 Å². The van der Waals surface area contributed by atoms with Crippen molar-refractivity contribution in [3.63, 3.8) is 0 Å². The van der Waals surface area contributed by atoms with Crippen molar-refractivity contribution in [2.75, 3.05) is 25.2 Å². The Kier molecular flexibility index (Phi) is 5.07. The average molecular weight is 412 g/mol. The van der Waals surface area contributed by atoms with Gasteiger partial charge in [0.15, 0.2) is 0 Å². The maximum atomic E-state index is 12.9. The summed E-state index contributed by atoms with van der Waals surface area (Å²) in [6.07, 6.45) is 1.21. The number of benzene rings is 1. The van der Waals surface area contributed by atoms with Gasteiger partial charge in [0, 0.05) is 32.0 Å². The molecule has 2 aliphatic rings.